The first kappa shape index (κ1) is 10.6. The Bertz CT molecular complexity index is 73.7. The molecule has 0 saturated carbocycles. The molecule has 0 atom stereocenters. The Kier molecular flexibility index (Phi) is 10.1. The van der Waals surface area contributed by atoms with Gasteiger partial charge in [0.05, 0.1) is 0 Å². The summed E-state index contributed by atoms with van der Waals surface area (Å²) in [5.41, 5.74) is 0. The third kappa shape index (κ3) is 8.58. The van der Waals surface area contributed by atoms with Crippen molar-refractivity contribution in [1.29, 1.82) is 0 Å². The van der Waals surface area contributed by atoms with Crippen molar-refractivity contribution >= 4 is 0 Å². The zero-order valence-corrected chi connectivity index (χ0v) is 9.19. The van der Waals surface area contributed by atoms with Gasteiger partial charge < -0.3 is 0 Å². The standard InChI is InChI=1S/C4H7O.C4H9.Zr/c1-3-4-5-2;1-3-4-2;/h3H,1-2,4H2;1,3-4H2,2H3;. The monoisotopic (exact) mass is 218 g/mol. The summed E-state index contributed by atoms with van der Waals surface area (Å²) >= 11 is -0.133. The summed E-state index contributed by atoms with van der Waals surface area (Å²) in [5.74, 6) is 0. The molecule has 0 saturated heterocycles. The van der Waals surface area contributed by atoms with Gasteiger partial charge in [-0.2, -0.15) is 0 Å². The fourth-order valence-electron chi connectivity index (χ4n) is 0.588. The van der Waals surface area contributed by atoms with Gasteiger partial charge in [0, 0.05) is 0 Å². The van der Waals surface area contributed by atoms with E-state index in [0.717, 1.165) is 10.9 Å². The fraction of sp³-hybridized carbons (Fsp3) is 0.750. The fourth-order valence-corrected chi connectivity index (χ4v) is 3.07. The molecular weight excluding hydrogens is 203 g/mol. The summed E-state index contributed by atoms with van der Waals surface area (Å²) in [7, 11) is 0. The second-order valence-electron chi connectivity index (χ2n) is 2.16. The van der Waals surface area contributed by atoms with E-state index in [0.29, 0.717) is 0 Å². The maximum atomic E-state index is 5.29. The zero-order valence-electron chi connectivity index (χ0n) is 6.73. The van der Waals surface area contributed by atoms with Gasteiger partial charge in [0.15, 0.2) is 0 Å². The molecule has 0 radical (unpaired) electrons. The molecule has 0 bridgehead atoms. The third-order valence-corrected chi connectivity index (χ3v) is 3.89. The van der Waals surface area contributed by atoms with Crippen LogP contribution in [0.3, 0.4) is 0 Å². The molecule has 0 aliphatic heterocycles. The van der Waals surface area contributed by atoms with E-state index < -0.39 is 0 Å². The van der Waals surface area contributed by atoms with Crippen LogP contribution in [0, 0.1) is 0 Å². The summed E-state index contributed by atoms with van der Waals surface area (Å²) in [6.45, 7) is 6.57. The zero-order chi connectivity index (χ0) is 7.66. The van der Waals surface area contributed by atoms with Crippen LogP contribution in [-0.2, 0) is 28.0 Å². The Morgan fingerprint density at radius 3 is 3.00 bits per heavy atom. The molecule has 0 aliphatic rings. The first-order valence-electron chi connectivity index (χ1n) is 3.81. The Hall–Kier alpha value is 0.583. The number of hydrogen-bond acceptors (Lipinski definition) is 1. The Labute approximate surface area is 75.4 Å². The van der Waals surface area contributed by atoms with Crippen LogP contribution in [-0.4, -0.2) is 10.9 Å². The van der Waals surface area contributed by atoms with E-state index in [1.165, 1.54) is 17.0 Å². The Morgan fingerprint density at radius 2 is 2.40 bits per heavy atom. The molecule has 0 unspecified atom stereocenters. The van der Waals surface area contributed by atoms with E-state index >= 15 is 0 Å². The summed E-state index contributed by atoms with van der Waals surface area (Å²) in [6, 6.07) is 0. The van der Waals surface area contributed by atoms with Gasteiger partial charge in [0.25, 0.3) is 0 Å². The van der Waals surface area contributed by atoms with E-state index in [1.54, 1.807) is 0 Å². The van der Waals surface area contributed by atoms with Crippen LogP contribution >= 0.6 is 0 Å². The normalized spacial score (nSPS) is 9.30. The second kappa shape index (κ2) is 9.58. The van der Waals surface area contributed by atoms with E-state index in [9.17, 15) is 0 Å². The minimum atomic E-state index is -0.133. The van der Waals surface area contributed by atoms with Crippen LogP contribution in [0.2, 0.25) is 4.13 Å². The van der Waals surface area contributed by atoms with Crippen LogP contribution in [0.25, 0.3) is 0 Å². The average Bonchev–Trinajstić information content (AvgIpc) is 1.97. The quantitative estimate of drug-likeness (QED) is 0.472. The first-order chi connectivity index (χ1) is 4.91. The first-order valence-corrected chi connectivity index (χ1v) is 7.28. The third-order valence-electron chi connectivity index (χ3n) is 1.15. The van der Waals surface area contributed by atoms with Gasteiger partial charge in [-0.15, -0.1) is 0 Å². The summed E-state index contributed by atoms with van der Waals surface area (Å²) in [4.78, 5) is 0. The molecule has 0 aliphatic carbocycles. The van der Waals surface area contributed by atoms with Gasteiger partial charge in [-0.3, -0.25) is 0 Å². The summed E-state index contributed by atoms with van der Waals surface area (Å²) in [5, 5.41) is 0. The predicted molar refractivity (Wildman–Crippen MR) is 40.7 cm³/mol. The van der Waals surface area contributed by atoms with Crippen molar-refractivity contribution in [3.63, 3.8) is 0 Å². The molecule has 0 heterocycles. The number of hydrogen-bond donors (Lipinski definition) is 0. The molecule has 0 aromatic carbocycles. The van der Waals surface area contributed by atoms with Gasteiger partial charge >= 0.3 is 75.4 Å². The van der Waals surface area contributed by atoms with Crippen molar-refractivity contribution in [1.82, 2.24) is 0 Å². The van der Waals surface area contributed by atoms with Crippen molar-refractivity contribution in [2.24, 2.45) is 0 Å². The van der Waals surface area contributed by atoms with E-state index in [1.807, 2.05) is 6.08 Å². The second-order valence-corrected chi connectivity index (χ2v) is 5.32. The van der Waals surface area contributed by atoms with Crippen molar-refractivity contribution in [3.05, 3.63) is 12.7 Å². The Morgan fingerprint density at radius 1 is 1.60 bits per heavy atom. The summed E-state index contributed by atoms with van der Waals surface area (Å²) < 4.78 is 7.82. The van der Waals surface area contributed by atoms with E-state index in [4.69, 9.17) is 4.74 Å². The molecule has 0 aromatic rings. The summed E-state index contributed by atoms with van der Waals surface area (Å²) in [6.07, 6.45) is 4.56. The van der Waals surface area contributed by atoms with Crippen LogP contribution < -0.4 is 0 Å². The van der Waals surface area contributed by atoms with Crippen molar-refractivity contribution < 1.29 is 28.0 Å². The van der Waals surface area contributed by atoms with Crippen LogP contribution in [0.1, 0.15) is 19.8 Å². The molecule has 0 N–H and O–H groups in total. The number of ether oxygens (including phenoxy) is 1. The Balaban J connectivity index is 2.70. The maximum absolute atomic E-state index is 5.29. The van der Waals surface area contributed by atoms with Gasteiger partial charge in [0.2, 0.25) is 0 Å². The number of rotatable bonds is 7. The molecule has 1 nitrogen and oxygen atoms in total. The van der Waals surface area contributed by atoms with E-state index in [-0.39, 0.29) is 23.2 Å². The number of unbranched alkanes of at least 4 members (excludes halogenated alkanes) is 1. The van der Waals surface area contributed by atoms with E-state index in [2.05, 4.69) is 13.5 Å². The van der Waals surface area contributed by atoms with Crippen molar-refractivity contribution in [2.75, 3.05) is 10.9 Å². The molecule has 0 fully saturated rings. The molecule has 10 heavy (non-hydrogen) atoms. The van der Waals surface area contributed by atoms with Gasteiger partial charge in [-0.1, -0.05) is 0 Å². The molecule has 0 amide bonds. The van der Waals surface area contributed by atoms with Crippen LogP contribution in [0.4, 0.5) is 0 Å². The molecule has 0 aromatic heterocycles. The molecule has 58 valence electrons. The average molecular weight is 219 g/mol. The molecule has 0 spiro atoms. The van der Waals surface area contributed by atoms with Crippen LogP contribution in [0.5, 0.6) is 0 Å². The minimum absolute atomic E-state index is 0.133. The SMILES string of the molecule is C=CCO[CH2][Zr][CH2]CCC. The predicted octanol–water partition coefficient (Wildman–Crippen LogP) is 2.45. The van der Waals surface area contributed by atoms with Gasteiger partial charge in [-0.05, 0) is 0 Å². The van der Waals surface area contributed by atoms with Crippen LogP contribution in [0.15, 0.2) is 12.7 Å². The van der Waals surface area contributed by atoms with Crippen molar-refractivity contribution in [3.8, 4) is 0 Å². The van der Waals surface area contributed by atoms with Crippen molar-refractivity contribution in [2.45, 2.75) is 23.9 Å². The topological polar surface area (TPSA) is 9.23 Å². The van der Waals surface area contributed by atoms with Gasteiger partial charge in [-0.25, -0.2) is 0 Å². The molecular formula is C8H16OZr. The molecule has 2 heteroatoms. The van der Waals surface area contributed by atoms with Gasteiger partial charge in [0.1, 0.15) is 0 Å². The molecule has 0 rings (SSSR count).